The van der Waals surface area contributed by atoms with Crippen LogP contribution < -0.4 is 10.1 Å². The van der Waals surface area contributed by atoms with Gasteiger partial charge in [0.15, 0.2) is 6.10 Å². The lowest BCUT2D eigenvalue weighted by Crippen LogP contribution is -2.37. The summed E-state index contributed by atoms with van der Waals surface area (Å²) in [6.45, 7) is 8.01. The average molecular weight is 395 g/mol. The van der Waals surface area contributed by atoms with Crippen LogP contribution in [0.3, 0.4) is 0 Å². The molecule has 1 N–H and O–H groups in total. The third-order valence-electron chi connectivity index (χ3n) is 5.59. The van der Waals surface area contributed by atoms with Crippen LogP contribution in [0.15, 0.2) is 48.5 Å². The summed E-state index contributed by atoms with van der Waals surface area (Å²) in [5.74, 6) is 0.682. The SMILES string of the molecule is CCc1ccc(OC(CC)C(=O)NCc2cccc(CN3CCCCC3)c2)cc1. The molecule has 4 heteroatoms. The zero-order valence-electron chi connectivity index (χ0n) is 17.8. The fourth-order valence-corrected chi connectivity index (χ4v) is 3.81. The predicted octanol–water partition coefficient (Wildman–Crippen LogP) is 4.71. The first-order valence-electron chi connectivity index (χ1n) is 11.0. The number of benzene rings is 2. The van der Waals surface area contributed by atoms with Crippen LogP contribution in [0.1, 0.15) is 56.2 Å². The topological polar surface area (TPSA) is 41.6 Å². The molecule has 3 rings (SSSR count). The maximum Gasteiger partial charge on any atom is 0.261 e. The van der Waals surface area contributed by atoms with Crippen LogP contribution in [0, 0.1) is 0 Å². The first kappa shape index (κ1) is 21.4. The average Bonchev–Trinajstić information content (AvgIpc) is 2.77. The molecule has 1 atom stereocenters. The van der Waals surface area contributed by atoms with Gasteiger partial charge in [0, 0.05) is 13.1 Å². The standard InChI is InChI=1S/C25H34N2O2/c1-3-20-11-13-23(14-12-20)29-24(4-2)25(28)26-18-21-9-8-10-22(17-21)19-27-15-6-5-7-16-27/h8-14,17,24H,3-7,15-16,18-19H2,1-2H3,(H,26,28). The molecule has 0 aromatic heterocycles. The summed E-state index contributed by atoms with van der Waals surface area (Å²) in [4.78, 5) is 15.2. The molecule has 1 fully saturated rings. The third-order valence-corrected chi connectivity index (χ3v) is 5.59. The molecule has 0 aliphatic carbocycles. The zero-order valence-corrected chi connectivity index (χ0v) is 17.8. The fraction of sp³-hybridized carbons (Fsp3) is 0.480. The largest absolute Gasteiger partial charge is 0.481 e. The summed E-state index contributed by atoms with van der Waals surface area (Å²) in [5.41, 5.74) is 3.72. The molecule has 4 nitrogen and oxygen atoms in total. The van der Waals surface area contributed by atoms with Crippen LogP contribution in [0.2, 0.25) is 0 Å². The first-order valence-corrected chi connectivity index (χ1v) is 11.0. The number of rotatable bonds is 9. The number of nitrogens with one attached hydrogen (secondary N) is 1. The van der Waals surface area contributed by atoms with E-state index in [4.69, 9.17) is 4.74 Å². The summed E-state index contributed by atoms with van der Waals surface area (Å²) in [7, 11) is 0. The molecule has 1 aliphatic heterocycles. The van der Waals surface area contributed by atoms with Crippen LogP contribution in [0.4, 0.5) is 0 Å². The normalized spacial score (nSPS) is 15.7. The summed E-state index contributed by atoms with van der Waals surface area (Å²) in [5, 5.41) is 3.05. The van der Waals surface area contributed by atoms with Gasteiger partial charge in [0.1, 0.15) is 5.75 Å². The van der Waals surface area contributed by atoms with Crippen LogP contribution in [0.25, 0.3) is 0 Å². The molecule has 1 amide bonds. The van der Waals surface area contributed by atoms with Crippen molar-refractivity contribution < 1.29 is 9.53 Å². The van der Waals surface area contributed by atoms with Crippen molar-refractivity contribution in [2.45, 2.75) is 65.1 Å². The highest BCUT2D eigenvalue weighted by Crippen LogP contribution is 2.16. The van der Waals surface area contributed by atoms with Crippen LogP contribution in [-0.2, 0) is 24.3 Å². The van der Waals surface area contributed by atoms with Crippen LogP contribution >= 0.6 is 0 Å². The molecule has 156 valence electrons. The lowest BCUT2D eigenvalue weighted by atomic mass is 10.1. The Morgan fingerprint density at radius 2 is 1.72 bits per heavy atom. The summed E-state index contributed by atoms with van der Waals surface area (Å²) >= 11 is 0. The summed E-state index contributed by atoms with van der Waals surface area (Å²) in [6.07, 6.45) is 5.11. The van der Waals surface area contributed by atoms with E-state index in [1.54, 1.807) is 0 Å². The van der Waals surface area contributed by atoms with Gasteiger partial charge in [0.2, 0.25) is 0 Å². The van der Waals surface area contributed by atoms with Crippen molar-refractivity contribution >= 4 is 5.91 Å². The molecule has 1 saturated heterocycles. The van der Waals surface area contributed by atoms with Gasteiger partial charge in [-0.15, -0.1) is 0 Å². The monoisotopic (exact) mass is 394 g/mol. The second-order valence-corrected chi connectivity index (χ2v) is 7.89. The van der Waals surface area contributed by atoms with Crippen molar-refractivity contribution in [3.8, 4) is 5.75 Å². The van der Waals surface area contributed by atoms with E-state index in [0.29, 0.717) is 13.0 Å². The Hall–Kier alpha value is -2.33. The Morgan fingerprint density at radius 3 is 2.41 bits per heavy atom. The minimum Gasteiger partial charge on any atom is -0.481 e. The Labute approximate surface area is 175 Å². The van der Waals surface area contributed by atoms with Gasteiger partial charge in [-0.25, -0.2) is 0 Å². The Kier molecular flexibility index (Phi) is 8.12. The second kappa shape index (κ2) is 11.0. The number of carbonyl (C=O) groups excluding carboxylic acids is 1. The summed E-state index contributed by atoms with van der Waals surface area (Å²) in [6, 6.07) is 16.5. The molecule has 1 unspecified atom stereocenters. The van der Waals surface area contributed by atoms with Crippen molar-refractivity contribution in [3.63, 3.8) is 0 Å². The maximum absolute atomic E-state index is 12.6. The smallest absolute Gasteiger partial charge is 0.261 e. The van der Waals surface area contributed by atoms with Crippen molar-refractivity contribution in [1.29, 1.82) is 0 Å². The zero-order chi connectivity index (χ0) is 20.5. The van der Waals surface area contributed by atoms with Crippen molar-refractivity contribution in [1.82, 2.24) is 10.2 Å². The quantitative estimate of drug-likeness (QED) is 0.670. The molecule has 2 aromatic rings. The van der Waals surface area contributed by atoms with E-state index in [9.17, 15) is 4.79 Å². The van der Waals surface area contributed by atoms with Gasteiger partial charge < -0.3 is 10.1 Å². The number of aryl methyl sites for hydroxylation is 1. The van der Waals surface area contributed by atoms with Gasteiger partial charge in [-0.3, -0.25) is 9.69 Å². The van der Waals surface area contributed by atoms with Gasteiger partial charge >= 0.3 is 0 Å². The molecule has 2 aromatic carbocycles. The number of likely N-dealkylation sites (tertiary alicyclic amines) is 1. The van der Waals surface area contributed by atoms with E-state index >= 15 is 0 Å². The van der Waals surface area contributed by atoms with Crippen LogP contribution in [-0.4, -0.2) is 30.0 Å². The Bertz CT molecular complexity index is 767. The van der Waals surface area contributed by atoms with Gasteiger partial charge in [-0.05, 0) is 67.6 Å². The minimum atomic E-state index is -0.473. The van der Waals surface area contributed by atoms with Gasteiger partial charge in [0.25, 0.3) is 5.91 Å². The van der Waals surface area contributed by atoms with Crippen molar-refractivity contribution in [2.24, 2.45) is 0 Å². The van der Waals surface area contributed by atoms with E-state index in [1.807, 2.05) is 31.2 Å². The Balaban J connectivity index is 1.52. The number of piperidine rings is 1. The van der Waals surface area contributed by atoms with Gasteiger partial charge in [-0.2, -0.15) is 0 Å². The first-order chi connectivity index (χ1) is 14.2. The van der Waals surface area contributed by atoms with E-state index in [1.165, 1.54) is 43.5 Å². The van der Waals surface area contributed by atoms with Crippen molar-refractivity contribution in [3.05, 3.63) is 65.2 Å². The Morgan fingerprint density at radius 1 is 1.00 bits per heavy atom. The van der Waals surface area contributed by atoms with Gasteiger partial charge in [0.05, 0.1) is 0 Å². The summed E-state index contributed by atoms with van der Waals surface area (Å²) < 4.78 is 5.92. The highest BCUT2D eigenvalue weighted by Gasteiger charge is 2.18. The van der Waals surface area contributed by atoms with Gasteiger partial charge in [-0.1, -0.05) is 56.7 Å². The minimum absolute atomic E-state index is 0.0616. The number of nitrogens with zero attached hydrogens (tertiary/aromatic N) is 1. The lowest BCUT2D eigenvalue weighted by Gasteiger charge is -2.26. The number of ether oxygens (including phenoxy) is 1. The molecule has 0 radical (unpaired) electrons. The third kappa shape index (κ3) is 6.60. The molecule has 0 saturated carbocycles. The van der Waals surface area contributed by atoms with E-state index in [-0.39, 0.29) is 5.91 Å². The van der Waals surface area contributed by atoms with E-state index in [0.717, 1.165) is 24.3 Å². The molecule has 1 aliphatic rings. The number of amides is 1. The second-order valence-electron chi connectivity index (χ2n) is 7.89. The van der Waals surface area contributed by atoms with Crippen molar-refractivity contribution in [2.75, 3.05) is 13.1 Å². The fourth-order valence-electron chi connectivity index (χ4n) is 3.81. The molecule has 29 heavy (non-hydrogen) atoms. The number of hydrogen-bond donors (Lipinski definition) is 1. The number of carbonyl (C=O) groups is 1. The predicted molar refractivity (Wildman–Crippen MR) is 118 cm³/mol. The van der Waals surface area contributed by atoms with E-state index in [2.05, 4.69) is 41.4 Å². The lowest BCUT2D eigenvalue weighted by molar-refractivity contribution is -0.128. The molecule has 0 bridgehead atoms. The van der Waals surface area contributed by atoms with E-state index < -0.39 is 6.10 Å². The molecular formula is C25H34N2O2. The molecular weight excluding hydrogens is 360 g/mol. The molecule has 1 heterocycles. The molecule has 0 spiro atoms. The highest BCUT2D eigenvalue weighted by molar-refractivity contribution is 5.81. The highest BCUT2D eigenvalue weighted by atomic mass is 16.5. The maximum atomic E-state index is 12.6. The van der Waals surface area contributed by atoms with Crippen LogP contribution in [0.5, 0.6) is 5.75 Å². The number of hydrogen-bond acceptors (Lipinski definition) is 3.